The van der Waals surface area contributed by atoms with Crippen molar-refractivity contribution in [2.75, 3.05) is 13.5 Å². The Morgan fingerprint density at radius 2 is 2.05 bits per heavy atom. The van der Waals surface area contributed by atoms with Crippen LogP contribution in [-0.4, -0.2) is 13.5 Å². The van der Waals surface area contributed by atoms with E-state index >= 15 is 0 Å². The second-order valence-corrected chi connectivity index (χ2v) is 5.79. The van der Waals surface area contributed by atoms with Crippen LogP contribution in [0.5, 0.6) is 5.75 Å². The summed E-state index contributed by atoms with van der Waals surface area (Å²) in [5.41, 5.74) is 0. The van der Waals surface area contributed by atoms with Gasteiger partial charge in [-0.1, -0.05) is 42.5 Å². The molecule has 2 nitrogen and oxygen atoms in total. The lowest BCUT2D eigenvalue weighted by molar-refractivity contribution is 0.201. The summed E-state index contributed by atoms with van der Waals surface area (Å²) in [6.07, 6.45) is 0.410. The maximum absolute atomic E-state index is 7.26. The van der Waals surface area contributed by atoms with Crippen LogP contribution in [0.4, 0.5) is 0 Å². The van der Waals surface area contributed by atoms with Crippen LogP contribution in [0.2, 0.25) is 0 Å². The van der Waals surface area contributed by atoms with Crippen LogP contribution in [0.15, 0.2) is 60.0 Å². The Balaban J connectivity index is 1.81. The summed E-state index contributed by atoms with van der Waals surface area (Å²) in [4.78, 5) is 1.09. The highest BCUT2D eigenvalue weighted by atomic mass is 32.1. The van der Waals surface area contributed by atoms with Crippen LogP contribution < -0.4 is 10.1 Å². The van der Waals surface area contributed by atoms with Gasteiger partial charge in [-0.3, -0.25) is 0 Å². The molecule has 1 unspecified atom stereocenters. The van der Waals surface area contributed by atoms with E-state index in [1.54, 1.807) is 11.3 Å². The molecule has 2 aromatic carbocycles. The zero-order valence-corrected chi connectivity index (χ0v) is 12.4. The average molecular weight is 300 g/mol. The number of ether oxygens (including phenoxy) is 1. The predicted molar refractivity (Wildman–Crippen MR) is 90.2 cm³/mol. The third-order valence-electron chi connectivity index (χ3n) is 3.41. The maximum Gasteiger partial charge on any atom is 0.134 e. The van der Waals surface area contributed by atoms with Crippen LogP contribution in [0.25, 0.3) is 10.8 Å². The van der Waals surface area contributed by atoms with Gasteiger partial charge in [0.15, 0.2) is 0 Å². The molecular weight excluding hydrogens is 278 g/mol. The van der Waals surface area contributed by atoms with Gasteiger partial charge in [-0.25, -0.2) is 0 Å². The van der Waals surface area contributed by atoms with Crippen LogP contribution >= 0.6 is 11.3 Å². The summed E-state index contributed by atoms with van der Waals surface area (Å²) >= 11 is 1.62. The molecule has 0 radical (unpaired) electrons. The summed E-state index contributed by atoms with van der Waals surface area (Å²) in [7, 11) is 0. The lowest BCUT2D eigenvalue weighted by atomic mass is 10.1. The number of hydrogen-bond donors (Lipinski definition) is 1. The molecule has 0 saturated heterocycles. The van der Waals surface area contributed by atoms with Crippen molar-refractivity contribution >= 4 is 22.1 Å². The molecule has 1 heterocycles. The molecule has 108 valence electrons. The highest BCUT2D eigenvalue weighted by molar-refractivity contribution is 7.10. The lowest BCUT2D eigenvalue weighted by Gasteiger charge is -2.19. The highest BCUT2D eigenvalue weighted by Crippen LogP contribution is 2.32. The van der Waals surface area contributed by atoms with Crippen molar-refractivity contribution in [3.63, 3.8) is 0 Å². The Morgan fingerprint density at radius 3 is 2.90 bits per heavy atom. The number of fused-ring (bicyclic) bond motifs is 1. The molecule has 0 spiro atoms. The Labute approximate surface area is 133 Å². The Hall–Kier alpha value is -1.84. The maximum atomic E-state index is 7.26. The van der Waals surface area contributed by atoms with Gasteiger partial charge >= 0.3 is 0 Å². The van der Waals surface area contributed by atoms with E-state index in [-0.39, 0.29) is 6.10 Å². The standard InChI is InChI=1S/C18H19NOS/c1-19-12-11-17(18-10-5-13-21-18)20-16-9-4-7-14-6-2-3-8-15(14)16/h2-10,13,17,19H,11-12H2,1H3/i1D3. The average Bonchev–Trinajstić information content (AvgIpc) is 3.07. The van der Waals surface area contributed by atoms with Gasteiger partial charge in [-0.05, 0) is 36.4 Å². The molecule has 0 fully saturated rings. The summed E-state index contributed by atoms with van der Waals surface area (Å²) in [6, 6.07) is 18.1. The molecule has 0 aliphatic rings. The topological polar surface area (TPSA) is 21.3 Å². The summed E-state index contributed by atoms with van der Waals surface area (Å²) in [5.74, 6) is 0.820. The van der Waals surface area contributed by atoms with E-state index in [9.17, 15) is 0 Å². The third kappa shape index (κ3) is 3.26. The van der Waals surface area contributed by atoms with Crippen LogP contribution in [0, 0.1) is 0 Å². The van der Waals surface area contributed by atoms with Crippen molar-refractivity contribution in [2.24, 2.45) is 0 Å². The van der Waals surface area contributed by atoms with Gasteiger partial charge in [0.25, 0.3) is 0 Å². The molecule has 1 aromatic heterocycles. The van der Waals surface area contributed by atoms with E-state index in [4.69, 9.17) is 8.85 Å². The van der Waals surface area contributed by atoms with Crippen LogP contribution in [-0.2, 0) is 0 Å². The molecule has 21 heavy (non-hydrogen) atoms. The fourth-order valence-corrected chi connectivity index (χ4v) is 3.18. The van der Waals surface area contributed by atoms with E-state index in [0.29, 0.717) is 13.0 Å². The molecule has 0 amide bonds. The normalized spacial score (nSPS) is 15.1. The van der Waals surface area contributed by atoms with Crippen molar-refractivity contribution in [3.8, 4) is 5.75 Å². The zero-order valence-electron chi connectivity index (χ0n) is 14.6. The number of benzene rings is 2. The molecule has 3 rings (SSSR count). The number of thiophene rings is 1. The van der Waals surface area contributed by atoms with Crippen molar-refractivity contribution in [3.05, 3.63) is 64.9 Å². The van der Waals surface area contributed by atoms with E-state index in [1.165, 1.54) is 0 Å². The van der Waals surface area contributed by atoms with Gasteiger partial charge in [0.05, 0.1) is 0 Å². The number of rotatable bonds is 6. The van der Waals surface area contributed by atoms with Crippen molar-refractivity contribution in [2.45, 2.75) is 12.5 Å². The first-order valence-corrected chi connectivity index (χ1v) is 7.84. The Morgan fingerprint density at radius 1 is 1.14 bits per heavy atom. The van der Waals surface area contributed by atoms with Gasteiger partial charge in [0, 0.05) is 20.8 Å². The minimum absolute atomic E-state index is 0.175. The third-order valence-corrected chi connectivity index (χ3v) is 4.38. The van der Waals surface area contributed by atoms with Gasteiger partial charge in [0.1, 0.15) is 11.9 Å². The van der Waals surface area contributed by atoms with Crippen molar-refractivity contribution in [1.29, 1.82) is 0 Å². The van der Waals surface area contributed by atoms with E-state index in [1.807, 2.05) is 47.8 Å². The minimum Gasteiger partial charge on any atom is -0.484 e. The van der Waals surface area contributed by atoms with Crippen LogP contribution in [0.1, 0.15) is 21.5 Å². The summed E-state index contributed by atoms with van der Waals surface area (Å²) in [6.45, 7) is -1.76. The fourth-order valence-electron chi connectivity index (χ4n) is 2.39. The Bertz CT molecular complexity index is 781. The second kappa shape index (κ2) is 6.74. The highest BCUT2D eigenvalue weighted by Gasteiger charge is 2.15. The van der Waals surface area contributed by atoms with Gasteiger partial charge < -0.3 is 10.1 Å². The van der Waals surface area contributed by atoms with Gasteiger partial charge in [-0.2, -0.15) is 0 Å². The quantitative estimate of drug-likeness (QED) is 0.716. The van der Waals surface area contributed by atoms with Crippen LogP contribution in [0.3, 0.4) is 0 Å². The monoisotopic (exact) mass is 300 g/mol. The Kier molecular flexibility index (Phi) is 3.48. The molecule has 3 heteroatoms. The molecular formula is C18H19NOS. The molecule has 0 saturated carbocycles. The minimum atomic E-state index is -2.13. The molecule has 0 aliphatic heterocycles. The van der Waals surface area contributed by atoms with E-state index in [0.717, 1.165) is 21.4 Å². The largest absolute Gasteiger partial charge is 0.484 e. The first kappa shape index (κ1) is 10.8. The summed E-state index contributed by atoms with van der Waals surface area (Å²) < 4.78 is 28.1. The summed E-state index contributed by atoms with van der Waals surface area (Å²) in [5, 5.41) is 6.75. The molecule has 1 atom stereocenters. The van der Waals surface area contributed by atoms with Gasteiger partial charge in [-0.15, -0.1) is 11.3 Å². The van der Waals surface area contributed by atoms with Crippen molar-refractivity contribution in [1.82, 2.24) is 5.32 Å². The molecule has 1 N–H and O–H groups in total. The van der Waals surface area contributed by atoms with Crippen molar-refractivity contribution < 1.29 is 8.85 Å². The van der Waals surface area contributed by atoms with Gasteiger partial charge in [0.2, 0.25) is 0 Å². The first-order chi connectivity index (χ1) is 11.5. The predicted octanol–water partition coefficient (Wildman–Crippen LogP) is 4.63. The second-order valence-electron chi connectivity index (χ2n) is 4.81. The SMILES string of the molecule is [2H]C([2H])([2H])NCCC(Oc1cccc2ccccc12)c1cccs1. The first-order valence-electron chi connectivity index (χ1n) is 8.46. The van der Waals surface area contributed by atoms with E-state index in [2.05, 4.69) is 17.4 Å². The number of hydrogen-bond acceptors (Lipinski definition) is 3. The molecule has 3 aromatic rings. The smallest absolute Gasteiger partial charge is 0.134 e. The lowest BCUT2D eigenvalue weighted by Crippen LogP contribution is -2.15. The number of nitrogens with one attached hydrogen (secondary N) is 1. The zero-order chi connectivity index (χ0) is 17.0. The molecule has 0 aliphatic carbocycles. The molecule has 0 bridgehead atoms. The van der Waals surface area contributed by atoms with E-state index < -0.39 is 6.98 Å². The fraction of sp³-hybridized carbons (Fsp3) is 0.222.